The third-order valence-electron chi connectivity index (χ3n) is 3.45. The maximum absolute atomic E-state index is 12.2. The zero-order chi connectivity index (χ0) is 13.0. The van der Waals surface area contributed by atoms with E-state index in [2.05, 4.69) is 15.9 Å². The highest BCUT2D eigenvalue weighted by Gasteiger charge is 2.27. The molecule has 1 N–H and O–H groups in total. The lowest BCUT2D eigenvalue weighted by atomic mass is 9.91. The van der Waals surface area contributed by atoms with Gasteiger partial charge in [0, 0.05) is 17.1 Å². The number of carbonyl (C=O) groups excluding carboxylic acids is 1. The third-order valence-corrected chi connectivity index (χ3v) is 3.97. The van der Waals surface area contributed by atoms with Crippen LogP contribution in [-0.4, -0.2) is 35.1 Å². The number of rotatable bonds is 5. The Morgan fingerprint density at radius 3 is 2.50 bits per heavy atom. The lowest BCUT2D eigenvalue weighted by Gasteiger charge is -2.37. The summed E-state index contributed by atoms with van der Waals surface area (Å²) in [4.78, 5) is 14.1. The molecule has 0 aromatic heterocycles. The summed E-state index contributed by atoms with van der Waals surface area (Å²) in [5, 5.41) is 9.06. The van der Waals surface area contributed by atoms with Crippen molar-refractivity contribution in [3.63, 3.8) is 0 Å². The van der Waals surface area contributed by atoms with Gasteiger partial charge in [-0.2, -0.15) is 0 Å². The molecule has 0 saturated heterocycles. The van der Waals surface area contributed by atoms with E-state index in [1.165, 1.54) is 6.42 Å². The van der Waals surface area contributed by atoms with E-state index in [0.29, 0.717) is 19.0 Å². The van der Waals surface area contributed by atoms with Gasteiger partial charge in [-0.25, -0.2) is 0 Å². The predicted octanol–water partition coefficient (Wildman–Crippen LogP) is 2.37. The highest BCUT2D eigenvalue weighted by Crippen LogP contribution is 2.25. The van der Waals surface area contributed by atoms with Gasteiger partial charge in [0.1, 0.15) is 0 Å². The van der Waals surface area contributed by atoms with Gasteiger partial charge in [-0.3, -0.25) is 4.79 Å². The average Bonchev–Trinajstić information content (AvgIpc) is 2.29. The summed E-state index contributed by atoms with van der Waals surface area (Å²) >= 11 is 3.38. The molecule has 18 heavy (non-hydrogen) atoms. The van der Waals surface area contributed by atoms with Gasteiger partial charge in [-0.05, 0) is 37.0 Å². The van der Waals surface area contributed by atoms with Crippen LogP contribution in [0.2, 0.25) is 0 Å². The molecule has 0 spiro atoms. The molecule has 1 aromatic carbocycles. The Hall–Kier alpha value is -0.870. The van der Waals surface area contributed by atoms with Crippen LogP contribution in [0.4, 0.5) is 0 Å². The Kier molecular flexibility index (Phi) is 4.78. The SMILES string of the molecule is O=C(Cc1ccc(Br)cc1)N(CCO)C1CCC1. The number of hydrogen-bond donors (Lipinski definition) is 1. The Morgan fingerprint density at radius 2 is 2.00 bits per heavy atom. The summed E-state index contributed by atoms with van der Waals surface area (Å²) in [6.45, 7) is 0.503. The summed E-state index contributed by atoms with van der Waals surface area (Å²) in [5.74, 6) is 0.121. The van der Waals surface area contributed by atoms with Crippen molar-refractivity contribution in [2.24, 2.45) is 0 Å². The minimum atomic E-state index is 0.0442. The van der Waals surface area contributed by atoms with Crippen molar-refractivity contribution in [1.82, 2.24) is 4.90 Å². The molecular weight excluding hydrogens is 294 g/mol. The summed E-state index contributed by atoms with van der Waals surface area (Å²) in [6, 6.07) is 8.16. The summed E-state index contributed by atoms with van der Waals surface area (Å²) in [7, 11) is 0. The molecule has 3 nitrogen and oxygen atoms in total. The van der Waals surface area contributed by atoms with E-state index >= 15 is 0 Å². The first-order valence-electron chi connectivity index (χ1n) is 6.35. The maximum atomic E-state index is 12.2. The number of benzene rings is 1. The second-order valence-corrected chi connectivity index (χ2v) is 5.61. The molecule has 4 heteroatoms. The van der Waals surface area contributed by atoms with Gasteiger partial charge < -0.3 is 10.0 Å². The standard InChI is InChI=1S/C14H18BrNO2/c15-12-6-4-11(5-7-12)10-14(18)16(8-9-17)13-2-1-3-13/h4-7,13,17H,1-3,8-10H2. The molecule has 1 saturated carbocycles. The smallest absolute Gasteiger partial charge is 0.227 e. The third kappa shape index (κ3) is 3.33. The Morgan fingerprint density at radius 1 is 1.33 bits per heavy atom. The fourth-order valence-electron chi connectivity index (χ4n) is 2.20. The maximum Gasteiger partial charge on any atom is 0.227 e. The van der Waals surface area contributed by atoms with Crippen LogP contribution in [0.15, 0.2) is 28.7 Å². The van der Waals surface area contributed by atoms with E-state index in [-0.39, 0.29) is 12.5 Å². The van der Waals surface area contributed by atoms with E-state index in [1.807, 2.05) is 29.2 Å². The van der Waals surface area contributed by atoms with E-state index < -0.39 is 0 Å². The molecule has 0 heterocycles. The van der Waals surface area contributed by atoms with Crippen LogP contribution in [0.1, 0.15) is 24.8 Å². The zero-order valence-corrected chi connectivity index (χ0v) is 11.9. The molecule has 1 aliphatic rings. The second-order valence-electron chi connectivity index (χ2n) is 4.70. The quantitative estimate of drug-likeness (QED) is 0.907. The Balaban J connectivity index is 1.97. The van der Waals surface area contributed by atoms with Crippen LogP contribution in [0.5, 0.6) is 0 Å². The summed E-state index contributed by atoms with van der Waals surface area (Å²) < 4.78 is 1.02. The van der Waals surface area contributed by atoms with E-state index in [0.717, 1.165) is 22.9 Å². The topological polar surface area (TPSA) is 40.5 Å². The van der Waals surface area contributed by atoms with Gasteiger partial charge in [0.25, 0.3) is 0 Å². The van der Waals surface area contributed by atoms with Gasteiger partial charge in [0.2, 0.25) is 5.91 Å². The molecule has 0 aliphatic heterocycles. The fourth-order valence-corrected chi connectivity index (χ4v) is 2.46. The van der Waals surface area contributed by atoms with Crippen LogP contribution in [0, 0.1) is 0 Å². The number of amides is 1. The normalized spacial score (nSPS) is 15.2. The summed E-state index contributed by atoms with van der Waals surface area (Å²) in [6.07, 6.45) is 3.76. The highest BCUT2D eigenvalue weighted by molar-refractivity contribution is 9.10. The van der Waals surface area contributed by atoms with Crippen LogP contribution in [-0.2, 0) is 11.2 Å². The molecule has 1 amide bonds. The monoisotopic (exact) mass is 311 g/mol. The molecule has 0 bridgehead atoms. The van der Waals surface area contributed by atoms with E-state index in [1.54, 1.807) is 0 Å². The molecule has 1 aliphatic carbocycles. The molecule has 1 aromatic rings. The van der Waals surface area contributed by atoms with Crippen molar-refractivity contribution in [3.8, 4) is 0 Å². The first-order chi connectivity index (χ1) is 8.70. The highest BCUT2D eigenvalue weighted by atomic mass is 79.9. The number of nitrogens with zero attached hydrogens (tertiary/aromatic N) is 1. The largest absolute Gasteiger partial charge is 0.395 e. The average molecular weight is 312 g/mol. The van der Waals surface area contributed by atoms with E-state index in [9.17, 15) is 4.79 Å². The molecule has 2 rings (SSSR count). The van der Waals surface area contributed by atoms with Gasteiger partial charge in [-0.15, -0.1) is 0 Å². The van der Waals surface area contributed by atoms with Gasteiger partial charge >= 0.3 is 0 Å². The number of aliphatic hydroxyl groups is 1. The minimum absolute atomic E-state index is 0.0442. The minimum Gasteiger partial charge on any atom is -0.395 e. The van der Waals surface area contributed by atoms with Crippen LogP contribution in [0.3, 0.4) is 0 Å². The number of aliphatic hydroxyl groups excluding tert-OH is 1. The van der Waals surface area contributed by atoms with Gasteiger partial charge in [0.05, 0.1) is 13.0 Å². The first kappa shape index (κ1) is 13.6. The number of carbonyl (C=O) groups is 1. The fraction of sp³-hybridized carbons (Fsp3) is 0.500. The summed E-state index contributed by atoms with van der Waals surface area (Å²) in [5.41, 5.74) is 1.02. The Labute approximate surface area is 116 Å². The lowest BCUT2D eigenvalue weighted by Crippen LogP contribution is -2.46. The van der Waals surface area contributed by atoms with Crippen LogP contribution in [0.25, 0.3) is 0 Å². The van der Waals surface area contributed by atoms with Crippen LogP contribution < -0.4 is 0 Å². The lowest BCUT2D eigenvalue weighted by molar-refractivity contribution is -0.135. The number of halogens is 1. The van der Waals surface area contributed by atoms with Gasteiger partial charge in [0.15, 0.2) is 0 Å². The zero-order valence-electron chi connectivity index (χ0n) is 10.3. The van der Waals surface area contributed by atoms with Crippen molar-refractivity contribution in [1.29, 1.82) is 0 Å². The van der Waals surface area contributed by atoms with Crippen LogP contribution >= 0.6 is 15.9 Å². The van der Waals surface area contributed by atoms with Crippen molar-refractivity contribution in [3.05, 3.63) is 34.3 Å². The molecule has 1 fully saturated rings. The Bertz CT molecular complexity index is 401. The number of hydrogen-bond acceptors (Lipinski definition) is 2. The van der Waals surface area contributed by atoms with Crippen molar-refractivity contribution >= 4 is 21.8 Å². The second kappa shape index (κ2) is 6.34. The van der Waals surface area contributed by atoms with E-state index in [4.69, 9.17) is 5.11 Å². The predicted molar refractivity (Wildman–Crippen MR) is 74.3 cm³/mol. The first-order valence-corrected chi connectivity index (χ1v) is 7.15. The molecule has 0 unspecified atom stereocenters. The van der Waals surface area contributed by atoms with Crippen molar-refractivity contribution < 1.29 is 9.90 Å². The van der Waals surface area contributed by atoms with Gasteiger partial charge in [-0.1, -0.05) is 28.1 Å². The molecule has 98 valence electrons. The van der Waals surface area contributed by atoms with Crippen molar-refractivity contribution in [2.45, 2.75) is 31.7 Å². The molecule has 0 radical (unpaired) electrons. The molecular formula is C14H18BrNO2. The molecule has 0 atom stereocenters. The van der Waals surface area contributed by atoms with Crippen molar-refractivity contribution in [2.75, 3.05) is 13.2 Å².